The summed E-state index contributed by atoms with van der Waals surface area (Å²) in [5.41, 5.74) is 11.3. The molecule has 1 aliphatic carbocycles. The number of nitrogens with one attached hydrogen (secondary N) is 1. The van der Waals surface area contributed by atoms with E-state index in [1.165, 1.54) is 50.7 Å². The standard InChI is InChI=1S/C25H23N/c1-16-11-13-21(18(3)17(16)2)23-10-6-8-20(15-26)25(23)24-14-12-19-7-4-5-9-22(19)24/h4-15,24,26H,1-3H3. The van der Waals surface area contributed by atoms with Crippen LogP contribution in [-0.4, -0.2) is 6.21 Å². The zero-order valence-corrected chi connectivity index (χ0v) is 15.5. The lowest BCUT2D eigenvalue weighted by molar-refractivity contribution is 1.05. The highest BCUT2D eigenvalue weighted by Gasteiger charge is 2.24. The third-order valence-corrected chi connectivity index (χ3v) is 5.75. The summed E-state index contributed by atoms with van der Waals surface area (Å²) in [7, 11) is 0. The first-order valence-corrected chi connectivity index (χ1v) is 9.09. The van der Waals surface area contributed by atoms with Crippen molar-refractivity contribution in [3.05, 3.63) is 99.6 Å². The zero-order chi connectivity index (χ0) is 18.3. The number of allylic oxidation sites excluding steroid dienone is 1. The third-order valence-electron chi connectivity index (χ3n) is 5.75. The molecule has 0 bridgehead atoms. The first-order valence-electron chi connectivity index (χ1n) is 9.09. The normalized spacial score (nSPS) is 15.1. The average molecular weight is 337 g/mol. The summed E-state index contributed by atoms with van der Waals surface area (Å²) in [4.78, 5) is 0. The predicted molar refractivity (Wildman–Crippen MR) is 111 cm³/mol. The smallest absolute Gasteiger partial charge is 0.0291 e. The Morgan fingerprint density at radius 1 is 0.808 bits per heavy atom. The van der Waals surface area contributed by atoms with E-state index >= 15 is 0 Å². The van der Waals surface area contributed by atoms with E-state index in [9.17, 15) is 0 Å². The van der Waals surface area contributed by atoms with Gasteiger partial charge in [0.05, 0.1) is 0 Å². The van der Waals surface area contributed by atoms with Crippen molar-refractivity contribution in [1.82, 2.24) is 0 Å². The Labute approximate surface area is 155 Å². The van der Waals surface area contributed by atoms with E-state index in [1.54, 1.807) is 0 Å². The summed E-state index contributed by atoms with van der Waals surface area (Å²) in [6, 6.07) is 19.3. The number of fused-ring (bicyclic) bond motifs is 1. The first kappa shape index (κ1) is 16.5. The van der Waals surface area contributed by atoms with Crippen LogP contribution in [0.5, 0.6) is 0 Å². The van der Waals surface area contributed by atoms with Gasteiger partial charge in [-0.25, -0.2) is 0 Å². The predicted octanol–water partition coefficient (Wildman–Crippen LogP) is 6.44. The molecule has 0 saturated carbocycles. The van der Waals surface area contributed by atoms with Gasteiger partial charge in [0.15, 0.2) is 0 Å². The van der Waals surface area contributed by atoms with Crippen LogP contribution < -0.4 is 0 Å². The van der Waals surface area contributed by atoms with Crippen molar-refractivity contribution in [2.75, 3.05) is 0 Å². The van der Waals surface area contributed by atoms with Gasteiger partial charge in [0.2, 0.25) is 0 Å². The fourth-order valence-corrected chi connectivity index (χ4v) is 4.04. The first-order chi connectivity index (χ1) is 12.6. The van der Waals surface area contributed by atoms with E-state index < -0.39 is 0 Å². The van der Waals surface area contributed by atoms with E-state index in [-0.39, 0.29) is 5.92 Å². The summed E-state index contributed by atoms with van der Waals surface area (Å²) in [5.74, 6) is 0.194. The number of benzene rings is 3. The monoisotopic (exact) mass is 337 g/mol. The van der Waals surface area contributed by atoms with Crippen molar-refractivity contribution in [3.8, 4) is 11.1 Å². The van der Waals surface area contributed by atoms with Crippen LogP contribution in [0.2, 0.25) is 0 Å². The second-order valence-corrected chi connectivity index (χ2v) is 7.10. The lowest BCUT2D eigenvalue weighted by Crippen LogP contribution is -2.04. The number of aryl methyl sites for hydroxylation is 1. The fourth-order valence-electron chi connectivity index (χ4n) is 4.04. The van der Waals surface area contributed by atoms with Gasteiger partial charge < -0.3 is 5.41 Å². The van der Waals surface area contributed by atoms with Crippen molar-refractivity contribution in [2.45, 2.75) is 26.7 Å². The number of rotatable bonds is 3. The molecule has 0 saturated heterocycles. The molecule has 3 aromatic rings. The average Bonchev–Trinajstić information content (AvgIpc) is 3.09. The van der Waals surface area contributed by atoms with Crippen molar-refractivity contribution in [2.24, 2.45) is 0 Å². The summed E-state index contributed by atoms with van der Waals surface area (Å²) < 4.78 is 0. The highest BCUT2D eigenvalue weighted by atomic mass is 14.3. The Kier molecular flexibility index (Phi) is 4.08. The van der Waals surface area contributed by atoms with E-state index in [4.69, 9.17) is 5.41 Å². The molecule has 1 unspecified atom stereocenters. The molecule has 128 valence electrons. The molecule has 1 N–H and O–H groups in total. The van der Waals surface area contributed by atoms with Gasteiger partial charge in [-0.05, 0) is 70.8 Å². The van der Waals surface area contributed by atoms with Gasteiger partial charge in [-0.3, -0.25) is 0 Å². The topological polar surface area (TPSA) is 23.9 Å². The van der Waals surface area contributed by atoms with Crippen LogP contribution in [-0.2, 0) is 0 Å². The van der Waals surface area contributed by atoms with Crippen LogP contribution in [0.25, 0.3) is 17.2 Å². The van der Waals surface area contributed by atoms with Gasteiger partial charge in [-0.2, -0.15) is 0 Å². The lowest BCUT2D eigenvalue weighted by Gasteiger charge is -2.21. The second kappa shape index (κ2) is 6.42. The summed E-state index contributed by atoms with van der Waals surface area (Å²) in [5, 5.41) is 7.97. The molecule has 0 fully saturated rings. The van der Waals surface area contributed by atoms with Crippen molar-refractivity contribution < 1.29 is 0 Å². The Morgan fingerprint density at radius 3 is 2.42 bits per heavy atom. The highest BCUT2D eigenvalue weighted by Crippen LogP contribution is 2.42. The molecular formula is C25H23N. The molecule has 1 atom stereocenters. The maximum atomic E-state index is 7.97. The minimum atomic E-state index is 0.194. The van der Waals surface area contributed by atoms with E-state index in [2.05, 4.69) is 87.5 Å². The fraction of sp³-hybridized carbons (Fsp3) is 0.160. The largest absolute Gasteiger partial charge is 0.308 e. The summed E-state index contributed by atoms with van der Waals surface area (Å²) in [6.07, 6.45) is 5.97. The van der Waals surface area contributed by atoms with Crippen LogP contribution >= 0.6 is 0 Å². The summed E-state index contributed by atoms with van der Waals surface area (Å²) in [6.45, 7) is 6.56. The number of hydrogen-bond donors (Lipinski definition) is 1. The van der Waals surface area contributed by atoms with Gasteiger partial charge in [0.25, 0.3) is 0 Å². The molecule has 0 heterocycles. The van der Waals surface area contributed by atoms with Gasteiger partial charge in [0, 0.05) is 12.1 Å². The molecule has 4 rings (SSSR count). The van der Waals surface area contributed by atoms with Gasteiger partial charge >= 0.3 is 0 Å². The van der Waals surface area contributed by atoms with Crippen LogP contribution in [0, 0.1) is 26.2 Å². The van der Waals surface area contributed by atoms with E-state index in [0.717, 1.165) is 5.56 Å². The van der Waals surface area contributed by atoms with Crippen molar-refractivity contribution >= 4 is 12.3 Å². The van der Waals surface area contributed by atoms with E-state index in [0.29, 0.717) is 0 Å². The highest BCUT2D eigenvalue weighted by molar-refractivity contribution is 5.88. The lowest BCUT2D eigenvalue weighted by atomic mass is 9.82. The molecule has 1 heteroatoms. The maximum absolute atomic E-state index is 7.97. The molecule has 3 aromatic carbocycles. The summed E-state index contributed by atoms with van der Waals surface area (Å²) >= 11 is 0. The van der Waals surface area contributed by atoms with Crippen molar-refractivity contribution in [1.29, 1.82) is 5.41 Å². The van der Waals surface area contributed by atoms with E-state index in [1.807, 2.05) is 0 Å². The quantitative estimate of drug-likeness (QED) is 0.532. The Hall–Kier alpha value is -2.93. The molecule has 0 amide bonds. The Bertz CT molecular complexity index is 1040. The van der Waals surface area contributed by atoms with Crippen LogP contribution in [0.1, 0.15) is 44.9 Å². The molecular weight excluding hydrogens is 314 g/mol. The Balaban J connectivity index is 1.98. The minimum absolute atomic E-state index is 0.194. The second-order valence-electron chi connectivity index (χ2n) is 7.10. The van der Waals surface area contributed by atoms with Crippen LogP contribution in [0.3, 0.4) is 0 Å². The Morgan fingerprint density at radius 2 is 1.62 bits per heavy atom. The minimum Gasteiger partial charge on any atom is -0.308 e. The molecule has 1 nitrogen and oxygen atoms in total. The SMILES string of the molecule is Cc1ccc(-c2cccc(C=N)c2C2C=Cc3ccccc32)c(C)c1C. The van der Waals surface area contributed by atoms with Crippen LogP contribution in [0.15, 0.2) is 60.7 Å². The van der Waals surface area contributed by atoms with Gasteiger partial charge in [-0.1, -0.05) is 66.7 Å². The number of hydrogen-bond acceptors (Lipinski definition) is 1. The maximum Gasteiger partial charge on any atom is 0.0291 e. The third kappa shape index (κ3) is 2.52. The molecule has 1 aliphatic rings. The van der Waals surface area contributed by atoms with Gasteiger partial charge in [-0.15, -0.1) is 0 Å². The molecule has 0 aliphatic heterocycles. The van der Waals surface area contributed by atoms with Crippen LogP contribution in [0.4, 0.5) is 0 Å². The van der Waals surface area contributed by atoms with Crippen molar-refractivity contribution in [3.63, 3.8) is 0 Å². The molecule has 26 heavy (non-hydrogen) atoms. The molecule has 0 radical (unpaired) electrons. The zero-order valence-electron chi connectivity index (χ0n) is 15.5. The van der Waals surface area contributed by atoms with Gasteiger partial charge in [0.1, 0.15) is 0 Å². The molecule has 0 spiro atoms. The molecule has 0 aromatic heterocycles.